The number of amides is 3. The standard InChI is InChI=1S/C15H18N4O3/c1-9-11(16)4-3-5-12(9)17-10(2)19(8-20)13-6-7-14(21)18-15(13)22/h3-5,8,13H,6-7,16H2,1-2H3,(H,18,21,22)/b17-10-. The van der Waals surface area contributed by atoms with Crippen LogP contribution in [0.4, 0.5) is 11.4 Å². The van der Waals surface area contributed by atoms with Gasteiger partial charge in [0.2, 0.25) is 18.2 Å². The SMILES string of the molecule is C/C(=N/c1cccc(N)c1C)N(C=O)C1CCC(=O)NC1=O. The number of anilines is 1. The molecule has 3 amide bonds. The molecule has 1 aliphatic heterocycles. The highest BCUT2D eigenvalue weighted by Gasteiger charge is 2.32. The van der Waals surface area contributed by atoms with Gasteiger partial charge in [-0.3, -0.25) is 24.6 Å². The molecule has 0 radical (unpaired) electrons. The Labute approximate surface area is 128 Å². The monoisotopic (exact) mass is 302 g/mol. The summed E-state index contributed by atoms with van der Waals surface area (Å²) in [5.74, 6) is -0.436. The van der Waals surface area contributed by atoms with E-state index in [0.29, 0.717) is 23.6 Å². The molecule has 0 aliphatic carbocycles. The maximum absolute atomic E-state index is 11.9. The first-order chi connectivity index (χ1) is 10.4. The number of nitrogen functional groups attached to an aromatic ring is 1. The fourth-order valence-corrected chi connectivity index (χ4v) is 2.32. The maximum Gasteiger partial charge on any atom is 0.249 e. The van der Waals surface area contributed by atoms with Crippen LogP contribution in [0.1, 0.15) is 25.3 Å². The fraction of sp³-hybridized carbons (Fsp3) is 0.333. The number of rotatable bonds is 3. The number of carbonyl (C=O) groups is 3. The maximum atomic E-state index is 11.9. The number of piperidine rings is 1. The number of carbonyl (C=O) groups excluding carboxylic acids is 3. The summed E-state index contributed by atoms with van der Waals surface area (Å²) in [5, 5.41) is 2.23. The number of hydrogen-bond acceptors (Lipinski definition) is 5. The van der Waals surface area contributed by atoms with Crippen molar-refractivity contribution in [1.82, 2.24) is 10.2 Å². The minimum Gasteiger partial charge on any atom is -0.398 e. The Morgan fingerprint density at radius 1 is 1.45 bits per heavy atom. The smallest absolute Gasteiger partial charge is 0.249 e. The van der Waals surface area contributed by atoms with Crippen molar-refractivity contribution in [1.29, 1.82) is 0 Å². The van der Waals surface area contributed by atoms with Crippen molar-refractivity contribution in [3.05, 3.63) is 23.8 Å². The lowest BCUT2D eigenvalue weighted by Gasteiger charge is -2.29. The van der Waals surface area contributed by atoms with Crippen molar-refractivity contribution < 1.29 is 14.4 Å². The molecule has 1 atom stereocenters. The van der Waals surface area contributed by atoms with Crippen LogP contribution in [-0.2, 0) is 14.4 Å². The number of amidine groups is 1. The van der Waals surface area contributed by atoms with E-state index in [0.717, 1.165) is 5.56 Å². The first-order valence-corrected chi connectivity index (χ1v) is 6.91. The quantitative estimate of drug-likeness (QED) is 0.284. The van der Waals surface area contributed by atoms with Crippen LogP contribution in [0.25, 0.3) is 0 Å². The Morgan fingerprint density at radius 3 is 2.82 bits per heavy atom. The van der Waals surface area contributed by atoms with Crippen molar-refractivity contribution in [2.24, 2.45) is 4.99 Å². The van der Waals surface area contributed by atoms with Crippen LogP contribution in [-0.4, -0.2) is 35.0 Å². The molecule has 1 aromatic carbocycles. The molecule has 1 saturated heterocycles. The largest absolute Gasteiger partial charge is 0.398 e. The molecule has 0 aromatic heterocycles. The van der Waals surface area contributed by atoms with Crippen LogP contribution in [0.2, 0.25) is 0 Å². The van der Waals surface area contributed by atoms with Gasteiger partial charge < -0.3 is 5.73 Å². The zero-order valence-electron chi connectivity index (χ0n) is 12.5. The van der Waals surface area contributed by atoms with Crippen molar-refractivity contribution in [2.45, 2.75) is 32.7 Å². The first-order valence-electron chi connectivity index (χ1n) is 6.91. The lowest BCUT2D eigenvalue weighted by atomic mass is 10.0. The molecule has 3 N–H and O–H groups in total. The molecule has 1 unspecified atom stereocenters. The van der Waals surface area contributed by atoms with Crippen LogP contribution in [0, 0.1) is 6.92 Å². The Bertz CT molecular complexity index is 654. The van der Waals surface area contributed by atoms with E-state index in [1.54, 1.807) is 25.1 Å². The highest BCUT2D eigenvalue weighted by molar-refractivity contribution is 6.04. The lowest BCUT2D eigenvalue weighted by molar-refractivity contribution is -0.138. The Morgan fingerprint density at radius 2 is 2.18 bits per heavy atom. The third-order valence-electron chi connectivity index (χ3n) is 3.66. The topological polar surface area (TPSA) is 105 Å². The van der Waals surface area contributed by atoms with Crippen molar-refractivity contribution in [3.8, 4) is 0 Å². The van der Waals surface area contributed by atoms with Crippen LogP contribution in [0.15, 0.2) is 23.2 Å². The van der Waals surface area contributed by atoms with Gasteiger partial charge in [0, 0.05) is 12.1 Å². The molecular weight excluding hydrogens is 284 g/mol. The Hall–Kier alpha value is -2.70. The predicted molar refractivity (Wildman–Crippen MR) is 82.4 cm³/mol. The average Bonchev–Trinajstić information content (AvgIpc) is 2.47. The predicted octanol–water partition coefficient (Wildman–Crippen LogP) is 0.891. The molecule has 1 heterocycles. The number of nitrogens with one attached hydrogen (secondary N) is 1. The van der Waals surface area contributed by atoms with Gasteiger partial charge in [0.15, 0.2) is 0 Å². The second kappa shape index (κ2) is 6.38. The molecule has 7 heteroatoms. The molecule has 1 aliphatic rings. The summed E-state index contributed by atoms with van der Waals surface area (Å²) in [5.41, 5.74) is 7.87. The fourth-order valence-electron chi connectivity index (χ4n) is 2.32. The summed E-state index contributed by atoms with van der Waals surface area (Å²) >= 11 is 0. The summed E-state index contributed by atoms with van der Waals surface area (Å²) in [6.07, 6.45) is 1.04. The number of aliphatic imine (C=N–C) groups is 1. The molecule has 1 fully saturated rings. The average molecular weight is 302 g/mol. The lowest BCUT2D eigenvalue weighted by Crippen LogP contribution is -2.53. The molecule has 0 bridgehead atoms. The second-order valence-electron chi connectivity index (χ2n) is 5.13. The van der Waals surface area contributed by atoms with Gasteiger partial charge in [-0.2, -0.15) is 0 Å². The van der Waals surface area contributed by atoms with E-state index in [1.165, 1.54) is 4.90 Å². The number of nitrogens with two attached hydrogens (primary N) is 1. The van der Waals surface area contributed by atoms with E-state index in [1.807, 2.05) is 6.92 Å². The van der Waals surface area contributed by atoms with Crippen LogP contribution in [0.3, 0.4) is 0 Å². The zero-order chi connectivity index (χ0) is 16.3. The Balaban J connectivity index is 2.28. The summed E-state index contributed by atoms with van der Waals surface area (Å²) < 4.78 is 0. The third-order valence-corrected chi connectivity index (χ3v) is 3.66. The molecular formula is C15H18N4O3. The van der Waals surface area contributed by atoms with Gasteiger partial charge >= 0.3 is 0 Å². The zero-order valence-corrected chi connectivity index (χ0v) is 12.5. The number of hydrogen-bond donors (Lipinski definition) is 2. The molecule has 116 valence electrons. The number of imide groups is 1. The highest BCUT2D eigenvalue weighted by Crippen LogP contribution is 2.24. The molecule has 1 aromatic rings. The van der Waals surface area contributed by atoms with Crippen LogP contribution in [0.5, 0.6) is 0 Å². The summed E-state index contributed by atoms with van der Waals surface area (Å²) in [6, 6.07) is 4.59. The summed E-state index contributed by atoms with van der Waals surface area (Å²) in [4.78, 5) is 40.1. The summed E-state index contributed by atoms with van der Waals surface area (Å²) in [7, 11) is 0. The minimum absolute atomic E-state index is 0.200. The van der Waals surface area contributed by atoms with Crippen molar-refractivity contribution in [3.63, 3.8) is 0 Å². The van der Waals surface area contributed by atoms with Crippen molar-refractivity contribution >= 4 is 35.4 Å². The van der Waals surface area contributed by atoms with Gasteiger partial charge in [0.25, 0.3) is 0 Å². The van der Waals surface area contributed by atoms with E-state index in [9.17, 15) is 14.4 Å². The van der Waals surface area contributed by atoms with Crippen molar-refractivity contribution in [2.75, 3.05) is 5.73 Å². The van der Waals surface area contributed by atoms with Crippen LogP contribution < -0.4 is 11.1 Å². The van der Waals surface area contributed by atoms with Gasteiger partial charge in [-0.25, -0.2) is 4.99 Å². The van der Waals surface area contributed by atoms with E-state index < -0.39 is 11.9 Å². The summed E-state index contributed by atoms with van der Waals surface area (Å²) in [6.45, 7) is 3.47. The molecule has 0 spiro atoms. The van der Waals surface area contributed by atoms with Gasteiger partial charge in [0.05, 0.1) is 5.69 Å². The van der Waals surface area contributed by atoms with Crippen LogP contribution >= 0.6 is 0 Å². The van der Waals surface area contributed by atoms with Gasteiger partial charge in [-0.15, -0.1) is 0 Å². The minimum atomic E-state index is -0.722. The van der Waals surface area contributed by atoms with E-state index >= 15 is 0 Å². The van der Waals surface area contributed by atoms with Gasteiger partial charge in [-0.1, -0.05) is 6.07 Å². The number of nitrogens with zero attached hydrogens (tertiary/aromatic N) is 2. The Kier molecular flexibility index (Phi) is 4.55. The van der Waals surface area contributed by atoms with Gasteiger partial charge in [-0.05, 0) is 38.0 Å². The second-order valence-corrected chi connectivity index (χ2v) is 5.13. The van der Waals surface area contributed by atoms with E-state index in [4.69, 9.17) is 5.73 Å². The third kappa shape index (κ3) is 3.13. The normalized spacial score (nSPS) is 18.8. The van der Waals surface area contributed by atoms with Gasteiger partial charge in [0.1, 0.15) is 11.9 Å². The molecule has 2 rings (SSSR count). The first kappa shape index (κ1) is 15.7. The number of benzene rings is 1. The molecule has 22 heavy (non-hydrogen) atoms. The van der Waals surface area contributed by atoms with E-state index in [-0.39, 0.29) is 18.7 Å². The molecule has 7 nitrogen and oxygen atoms in total. The van der Waals surface area contributed by atoms with E-state index in [2.05, 4.69) is 10.3 Å². The highest BCUT2D eigenvalue weighted by atomic mass is 16.2. The molecule has 0 saturated carbocycles.